The molecule has 3 heterocycles. The molecular weight excluding hydrogens is 342 g/mol. The Bertz CT molecular complexity index is 884. The van der Waals surface area contributed by atoms with Crippen LogP contribution in [-0.4, -0.2) is 34.1 Å². The van der Waals surface area contributed by atoms with Crippen molar-refractivity contribution in [1.29, 1.82) is 0 Å². The van der Waals surface area contributed by atoms with E-state index in [4.69, 9.17) is 23.8 Å². The average Bonchev–Trinajstić information content (AvgIpc) is 3.17. The number of halogens is 1. The number of anilines is 1. The van der Waals surface area contributed by atoms with Gasteiger partial charge >= 0.3 is 0 Å². The van der Waals surface area contributed by atoms with Crippen molar-refractivity contribution < 1.29 is 0 Å². The van der Waals surface area contributed by atoms with Crippen molar-refractivity contribution >= 4 is 40.6 Å². The van der Waals surface area contributed by atoms with E-state index in [1.807, 2.05) is 41.4 Å². The van der Waals surface area contributed by atoms with Crippen LogP contribution in [-0.2, 0) is 5.66 Å². The number of rotatable bonds is 1. The highest BCUT2D eigenvalue weighted by atomic mass is 35.5. The Labute approximate surface area is 149 Å². The van der Waals surface area contributed by atoms with E-state index >= 15 is 0 Å². The van der Waals surface area contributed by atoms with E-state index in [0.29, 0.717) is 10.1 Å². The molecule has 1 unspecified atom stereocenters. The standard InChI is InChI=1S/C17H14ClN5S/c18-12-6-7-14-13(10-12)17(11-4-2-1-3-5-11)22-9-8-19-15(22)21-23(17)16(24)20-14/h1-7,10H,8-9H2,(H,19,21)(H,20,24). The van der Waals surface area contributed by atoms with Gasteiger partial charge in [0.1, 0.15) is 0 Å². The Kier molecular flexibility index (Phi) is 2.84. The first-order valence-electron chi connectivity index (χ1n) is 7.77. The second-order valence-corrected chi connectivity index (χ2v) is 6.79. The number of hydrazine groups is 1. The third-order valence-corrected chi connectivity index (χ3v) is 5.26. The van der Waals surface area contributed by atoms with Gasteiger partial charge in [0, 0.05) is 28.4 Å². The summed E-state index contributed by atoms with van der Waals surface area (Å²) in [5.74, 6) is 0.843. The van der Waals surface area contributed by atoms with Gasteiger partial charge in [-0.15, -0.1) is 0 Å². The maximum Gasteiger partial charge on any atom is 0.215 e. The normalized spacial score (nSPS) is 23.9. The Morgan fingerprint density at radius 2 is 2.00 bits per heavy atom. The van der Waals surface area contributed by atoms with Gasteiger partial charge in [-0.25, -0.2) is 10.0 Å². The van der Waals surface area contributed by atoms with E-state index in [2.05, 4.69) is 32.8 Å². The number of fused-ring (bicyclic) bond motifs is 5. The zero-order valence-corrected chi connectivity index (χ0v) is 14.2. The summed E-state index contributed by atoms with van der Waals surface area (Å²) in [5, 5.41) is 6.59. The van der Waals surface area contributed by atoms with Gasteiger partial charge < -0.3 is 10.2 Å². The first kappa shape index (κ1) is 14.1. The summed E-state index contributed by atoms with van der Waals surface area (Å²) < 4.78 is 0. The lowest BCUT2D eigenvalue weighted by Gasteiger charge is -2.47. The third-order valence-electron chi connectivity index (χ3n) is 4.75. The summed E-state index contributed by atoms with van der Waals surface area (Å²) in [4.78, 5) is 6.86. The Morgan fingerprint density at radius 1 is 1.17 bits per heavy atom. The SMILES string of the molecule is S=C1Nc2ccc(Cl)cc2C2(c3ccccc3)N3CCN=C3NN12. The molecule has 5 nitrogen and oxygen atoms in total. The highest BCUT2D eigenvalue weighted by molar-refractivity contribution is 7.80. The molecule has 0 saturated carbocycles. The Hall–Kier alpha value is -2.31. The van der Waals surface area contributed by atoms with Gasteiger partial charge in [-0.1, -0.05) is 41.9 Å². The van der Waals surface area contributed by atoms with Crippen molar-refractivity contribution in [2.24, 2.45) is 4.99 Å². The molecule has 24 heavy (non-hydrogen) atoms. The molecule has 2 aromatic rings. The van der Waals surface area contributed by atoms with Crippen molar-refractivity contribution in [3.05, 3.63) is 64.7 Å². The Morgan fingerprint density at radius 3 is 2.83 bits per heavy atom. The van der Waals surface area contributed by atoms with E-state index in [0.717, 1.165) is 35.9 Å². The van der Waals surface area contributed by atoms with Crippen LogP contribution in [0, 0.1) is 0 Å². The predicted octanol–water partition coefficient (Wildman–Crippen LogP) is 2.74. The molecule has 0 radical (unpaired) electrons. The van der Waals surface area contributed by atoms with Crippen LogP contribution in [0.5, 0.6) is 0 Å². The number of nitrogens with zero attached hydrogens (tertiary/aromatic N) is 3. The van der Waals surface area contributed by atoms with Crippen LogP contribution >= 0.6 is 23.8 Å². The zero-order valence-electron chi connectivity index (χ0n) is 12.7. The molecule has 0 aromatic heterocycles. The third kappa shape index (κ3) is 1.64. The monoisotopic (exact) mass is 355 g/mol. The molecule has 3 aliphatic rings. The van der Waals surface area contributed by atoms with Gasteiger partial charge in [-0.3, -0.25) is 5.43 Å². The van der Waals surface area contributed by atoms with E-state index in [9.17, 15) is 0 Å². The molecule has 0 bridgehead atoms. The van der Waals surface area contributed by atoms with E-state index in [1.54, 1.807) is 0 Å². The molecule has 120 valence electrons. The van der Waals surface area contributed by atoms with Crippen LogP contribution in [0.3, 0.4) is 0 Å². The van der Waals surface area contributed by atoms with E-state index in [-0.39, 0.29) is 0 Å². The maximum absolute atomic E-state index is 6.35. The van der Waals surface area contributed by atoms with Gasteiger partial charge in [0.05, 0.1) is 6.54 Å². The fourth-order valence-electron chi connectivity index (χ4n) is 3.82. The molecule has 0 aliphatic carbocycles. The van der Waals surface area contributed by atoms with Crippen LogP contribution < -0.4 is 10.7 Å². The summed E-state index contributed by atoms with van der Waals surface area (Å²) in [6.45, 7) is 1.59. The minimum atomic E-state index is -0.584. The van der Waals surface area contributed by atoms with Crippen LogP contribution in [0.2, 0.25) is 5.02 Å². The molecule has 2 aromatic carbocycles. The lowest BCUT2D eigenvalue weighted by atomic mass is 9.87. The fraction of sp³-hybridized carbons (Fsp3) is 0.176. The zero-order chi connectivity index (χ0) is 16.3. The lowest BCUT2D eigenvalue weighted by molar-refractivity contribution is 0.109. The molecule has 1 fully saturated rings. The van der Waals surface area contributed by atoms with Crippen LogP contribution in [0.25, 0.3) is 0 Å². The summed E-state index contributed by atoms with van der Waals surface area (Å²) in [7, 11) is 0. The van der Waals surface area contributed by atoms with Crippen molar-refractivity contribution in [3.63, 3.8) is 0 Å². The minimum absolute atomic E-state index is 0.584. The van der Waals surface area contributed by atoms with E-state index < -0.39 is 5.66 Å². The molecular formula is C17H14ClN5S. The molecule has 1 saturated heterocycles. The molecule has 1 atom stereocenters. The van der Waals surface area contributed by atoms with Gasteiger partial charge in [0.2, 0.25) is 5.96 Å². The van der Waals surface area contributed by atoms with Crippen LogP contribution in [0.15, 0.2) is 53.5 Å². The predicted molar refractivity (Wildman–Crippen MR) is 98.9 cm³/mol. The summed E-state index contributed by atoms with van der Waals surface area (Å²) in [5.41, 5.74) is 5.94. The summed E-state index contributed by atoms with van der Waals surface area (Å²) in [6.07, 6.45) is 0. The smallest absolute Gasteiger partial charge is 0.215 e. The highest BCUT2D eigenvalue weighted by Crippen LogP contribution is 2.48. The topological polar surface area (TPSA) is 42.9 Å². The second kappa shape index (κ2) is 4.84. The van der Waals surface area contributed by atoms with Crippen molar-refractivity contribution in [1.82, 2.24) is 15.3 Å². The summed E-state index contributed by atoms with van der Waals surface area (Å²) in [6, 6.07) is 16.2. The van der Waals surface area contributed by atoms with E-state index in [1.165, 1.54) is 0 Å². The van der Waals surface area contributed by atoms with Gasteiger partial charge in [0.25, 0.3) is 0 Å². The molecule has 0 spiro atoms. The summed E-state index contributed by atoms with van der Waals surface area (Å²) >= 11 is 12.0. The number of hydrogen-bond acceptors (Lipinski definition) is 4. The van der Waals surface area contributed by atoms with Gasteiger partial charge in [0.15, 0.2) is 10.8 Å². The molecule has 0 amide bonds. The Balaban J connectivity index is 1.87. The fourth-order valence-corrected chi connectivity index (χ4v) is 4.28. The number of hydrogen-bond donors (Lipinski definition) is 2. The molecule has 3 aliphatic heterocycles. The maximum atomic E-state index is 6.35. The molecule has 2 N–H and O–H groups in total. The van der Waals surface area contributed by atoms with Crippen molar-refractivity contribution in [2.75, 3.05) is 18.4 Å². The van der Waals surface area contributed by atoms with Crippen molar-refractivity contribution in [3.8, 4) is 0 Å². The van der Waals surface area contributed by atoms with Crippen molar-refractivity contribution in [2.45, 2.75) is 5.66 Å². The molecule has 5 rings (SSSR count). The first-order chi connectivity index (χ1) is 11.7. The highest BCUT2D eigenvalue weighted by Gasteiger charge is 2.58. The minimum Gasteiger partial charge on any atom is -0.331 e. The van der Waals surface area contributed by atoms with Crippen LogP contribution in [0.1, 0.15) is 11.1 Å². The number of nitrogens with one attached hydrogen (secondary N) is 2. The quantitative estimate of drug-likeness (QED) is 0.770. The van der Waals surface area contributed by atoms with Gasteiger partial charge in [-0.05, 0) is 30.4 Å². The second-order valence-electron chi connectivity index (χ2n) is 5.96. The average molecular weight is 356 g/mol. The molecule has 7 heteroatoms. The first-order valence-corrected chi connectivity index (χ1v) is 8.55. The number of aliphatic imine (C=N–C) groups is 1. The lowest BCUT2D eigenvalue weighted by Crippen LogP contribution is -2.59. The van der Waals surface area contributed by atoms with Gasteiger partial charge in [-0.2, -0.15) is 0 Å². The number of benzene rings is 2. The number of thiocarbonyl (C=S) groups is 1. The largest absolute Gasteiger partial charge is 0.331 e. The number of guanidine groups is 1. The van der Waals surface area contributed by atoms with Crippen LogP contribution in [0.4, 0.5) is 5.69 Å².